The molecule has 0 saturated carbocycles. The smallest absolute Gasteiger partial charge is 0.313 e. The number of phenols is 1. The van der Waals surface area contributed by atoms with Crippen molar-refractivity contribution >= 4 is 34.9 Å². The number of esters is 2. The fourth-order valence-electron chi connectivity index (χ4n) is 7.31. The number of aromatic hydroxyl groups is 1. The quantitative estimate of drug-likeness (QED) is 0.122. The van der Waals surface area contributed by atoms with Gasteiger partial charge in [-0.2, -0.15) is 0 Å². The number of hydrogen-bond donors (Lipinski definition) is 8. The molecule has 1 amide bonds. The van der Waals surface area contributed by atoms with Gasteiger partial charge in [-0.25, -0.2) is 0 Å². The summed E-state index contributed by atoms with van der Waals surface area (Å²) in [6.07, 6.45) is -2.56. The number of allylic oxidation sites excluding steroid dienone is 5. The number of methoxy groups -OCH3 is 1. The average molecular weight is 786 g/mol. The van der Waals surface area contributed by atoms with E-state index in [-0.39, 0.29) is 61.9 Å². The van der Waals surface area contributed by atoms with Crippen molar-refractivity contribution in [1.82, 2.24) is 0 Å². The normalized spacial score (nSPS) is 34.2. The van der Waals surface area contributed by atoms with Crippen molar-refractivity contribution in [3.63, 3.8) is 0 Å². The molecule has 0 saturated heterocycles. The molecule has 9 atom stereocenters. The highest BCUT2D eigenvalue weighted by atomic mass is 16.7. The van der Waals surface area contributed by atoms with Gasteiger partial charge in [0.1, 0.15) is 34.4 Å². The fraction of sp³-hybridized carbons (Fsp3) is 0.500. The van der Waals surface area contributed by atoms with Crippen LogP contribution in [0.1, 0.15) is 76.9 Å². The molecule has 1 aliphatic carbocycles. The minimum Gasteiger partial charge on any atom is -0.505 e. The van der Waals surface area contributed by atoms with E-state index in [1.54, 1.807) is 0 Å². The minimum atomic E-state index is -2.22. The number of aliphatic hydroxyl groups is 6. The maximum atomic E-state index is 14.0. The first kappa shape index (κ1) is 43.9. The number of ketones is 1. The highest BCUT2D eigenvalue weighted by molar-refractivity contribution is 6.21. The Morgan fingerprint density at radius 3 is 1.98 bits per heavy atom. The van der Waals surface area contributed by atoms with E-state index >= 15 is 0 Å². The predicted octanol–water partition coefficient (Wildman–Crippen LogP) is 2.22. The second-order valence-corrected chi connectivity index (χ2v) is 15.0. The van der Waals surface area contributed by atoms with E-state index < -0.39 is 89.5 Å². The van der Waals surface area contributed by atoms with E-state index in [2.05, 4.69) is 5.32 Å². The van der Waals surface area contributed by atoms with Crippen LogP contribution in [0.15, 0.2) is 52.5 Å². The summed E-state index contributed by atoms with van der Waals surface area (Å²) >= 11 is 0. The maximum absolute atomic E-state index is 14.0. The molecule has 0 unspecified atom stereocenters. The lowest BCUT2D eigenvalue weighted by Gasteiger charge is -2.40. The van der Waals surface area contributed by atoms with Crippen molar-refractivity contribution in [3.8, 4) is 11.5 Å². The first-order valence-corrected chi connectivity index (χ1v) is 17.9. The Kier molecular flexibility index (Phi) is 12.8. The maximum Gasteiger partial charge on any atom is 0.313 e. The van der Waals surface area contributed by atoms with Crippen molar-refractivity contribution in [1.29, 1.82) is 0 Å². The second-order valence-electron chi connectivity index (χ2n) is 15.0. The molecule has 56 heavy (non-hydrogen) atoms. The monoisotopic (exact) mass is 785 g/mol. The molecular weight excluding hydrogens is 734 g/mol. The van der Waals surface area contributed by atoms with Gasteiger partial charge in [0.25, 0.3) is 5.91 Å². The summed E-state index contributed by atoms with van der Waals surface area (Å²) in [5.74, 6) is -8.84. The number of amides is 1. The molecule has 0 fully saturated rings. The van der Waals surface area contributed by atoms with E-state index in [4.69, 9.17) is 18.9 Å². The zero-order chi connectivity index (χ0) is 42.4. The van der Waals surface area contributed by atoms with Gasteiger partial charge >= 0.3 is 11.9 Å². The van der Waals surface area contributed by atoms with Gasteiger partial charge in [-0.3, -0.25) is 19.2 Å². The van der Waals surface area contributed by atoms with Crippen molar-refractivity contribution in [3.05, 3.63) is 69.2 Å². The van der Waals surface area contributed by atoms with Crippen LogP contribution < -0.4 is 10.1 Å². The summed E-state index contributed by atoms with van der Waals surface area (Å²) in [5, 5.41) is 82.9. The SMILES string of the molecule is COC(=O)[C@H]1[C@H](O)[C@H](C)[C@@H](O)[C@](C)(O)/C=C(\C)C2=C3C(=C(C)C(=O)c4c(O)c(c(C)c(OC(C)=O)c43)NC(=O)/C(C)=C\C=C/[C@](C)(O)[C@@H](O)[C@@H](C)[C@H]1O)OCO2. The molecule has 3 heterocycles. The third-order valence-electron chi connectivity index (χ3n) is 10.7. The molecule has 8 N–H and O–H groups in total. The fourth-order valence-corrected chi connectivity index (χ4v) is 7.31. The van der Waals surface area contributed by atoms with Gasteiger partial charge in [0.05, 0.1) is 48.3 Å². The van der Waals surface area contributed by atoms with Gasteiger partial charge in [0.15, 0.2) is 11.5 Å². The lowest BCUT2D eigenvalue weighted by molar-refractivity contribution is -0.171. The van der Waals surface area contributed by atoms with Crippen LogP contribution in [-0.4, -0.2) is 109 Å². The third-order valence-corrected chi connectivity index (χ3v) is 10.7. The molecule has 0 spiro atoms. The van der Waals surface area contributed by atoms with Crippen LogP contribution in [0.5, 0.6) is 11.5 Å². The van der Waals surface area contributed by atoms with E-state index in [1.165, 1.54) is 73.6 Å². The van der Waals surface area contributed by atoms with E-state index in [0.717, 1.165) is 20.1 Å². The van der Waals surface area contributed by atoms with Gasteiger partial charge in [-0.1, -0.05) is 32.1 Å². The van der Waals surface area contributed by atoms with Gasteiger partial charge < -0.3 is 60.0 Å². The number of rotatable bonds is 2. The van der Waals surface area contributed by atoms with Crippen molar-refractivity contribution in [2.45, 2.75) is 97.9 Å². The molecule has 16 nitrogen and oxygen atoms in total. The Labute approximate surface area is 324 Å². The van der Waals surface area contributed by atoms with Crippen molar-refractivity contribution in [2.75, 3.05) is 19.2 Å². The topological polar surface area (TPSA) is 259 Å². The highest BCUT2D eigenvalue weighted by Crippen LogP contribution is 2.53. The van der Waals surface area contributed by atoms with Crippen LogP contribution in [0.3, 0.4) is 0 Å². The largest absolute Gasteiger partial charge is 0.505 e. The number of anilines is 1. The van der Waals surface area contributed by atoms with Crippen LogP contribution in [0.25, 0.3) is 5.57 Å². The number of Topliss-reactive ketones (excluding diaryl/α,β-unsaturated/α-hetero) is 1. The number of fused-ring (bicyclic) bond motifs is 14. The Morgan fingerprint density at radius 2 is 1.43 bits per heavy atom. The molecule has 1 aromatic carbocycles. The lowest BCUT2D eigenvalue weighted by atomic mass is 9.74. The summed E-state index contributed by atoms with van der Waals surface area (Å²) in [5.41, 5.74) is -4.84. The first-order chi connectivity index (χ1) is 25.9. The standard InChI is InChI=1S/C40H51NO15/c1-16-12-11-13-39(8,51)35(47)20(5)29(44)26(38(50)53-10)30(45)21(6)36(48)40(9,52)14-17(2)32-25-23-24(28(43)19(4)33(25)55-15-54-32)31(46)27(41-37(16)49)18(3)34(23)56-22(7)42/h11-14,20-21,26,29-30,35-36,44-48,51-52H,15H2,1-10H3,(H,41,49)/b13-11-,16-12-,17-14+/t20-,21-,26+,29+,30+,35-,36+,39-,40+/m0/s1. The zero-order valence-corrected chi connectivity index (χ0v) is 33.0. The van der Waals surface area contributed by atoms with Gasteiger partial charge in [0.2, 0.25) is 6.79 Å². The molecule has 1 aromatic rings. The minimum absolute atomic E-state index is 0.00246. The van der Waals surface area contributed by atoms with Crippen LogP contribution in [0, 0.1) is 24.7 Å². The van der Waals surface area contributed by atoms with E-state index in [9.17, 15) is 54.9 Å². The third kappa shape index (κ3) is 8.03. The Hall–Kier alpha value is -4.84. The summed E-state index contributed by atoms with van der Waals surface area (Å²) in [4.78, 5) is 53.1. The summed E-state index contributed by atoms with van der Waals surface area (Å²) in [7, 11) is 1.01. The Morgan fingerprint density at radius 1 is 0.875 bits per heavy atom. The second kappa shape index (κ2) is 16.3. The van der Waals surface area contributed by atoms with Crippen LogP contribution >= 0.6 is 0 Å². The Bertz CT molecular complexity index is 1970. The average Bonchev–Trinajstić information content (AvgIpc) is 3.13. The molecule has 16 heteroatoms. The zero-order valence-electron chi connectivity index (χ0n) is 33.0. The highest BCUT2D eigenvalue weighted by Gasteiger charge is 2.48. The number of hydrogen-bond acceptors (Lipinski definition) is 15. The summed E-state index contributed by atoms with van der Waals surface area (Å²) < 4.78 is 22.2. The van der Waals surface area contributed by atoms with Crippen molar-refractivity contribution in [2.24, 2.45) is 17.8 Å². The molecular formula is C40H51NO15. The van der Waals surface area contributed by atoms with Crippen molar-refractivity contribution < 1.29 is 73.9 Å². The number of aliphatic hydroxyl groups excluding tert-OH is 4. The first-order valence-electron chi connectivity index (χ1n) is 17.9. The van der Waals surface area contributed by atoms with Crippen LogP contribution in [-0.2, 0) is 28.6 Å². The Balaban J connectivity index is 2.08. The molecule has 5 rings (SSSR count). The molecule has 4 aliphatic rings. The number of carbonyl (C=O) groups is 4. The summed E-state index contributed by atoms with van der Waals surface area (Å²) in [6, 6.07) is 0. The molecule has 4 bridgehead atoms. The predicted molar refractivity (Wildman–Crippen MR) is 200 cm³/mol. The molecule has 0 radical (unpaired) electrons. The molecule has 0 aromatic heterocycles. The number of carbonyl (C=O) groups excluding carboxylic acids is 4. The van der Waals surface area contributed by atoms with Crippen LogP contribution in [0.4, 0.5) is 5.69 Å². The van der Waals surface area contributed by atoms with Crippen LogP contribution in [0.2, 0.25) is 0 Å². The van der Waals surface area contributed by atoms with Gasteiger partial charge in [0, 0.05) is 41.0 Å². The number of ether oxygens (including phenoxy) is 4. The summed E-state index contributed by atoms with van der Waals surface area (Å²) in [6.45, 7) is 11.5. The number of phenolic OH excluding ortho intramolecular Hbond substituents is 1. The molecule has 306 valence electrons. The lowest BCUT2D eigenvalue weighted by Crippen LogP contribution is -2.54. The molecule has 3 aliphatic heterocycles. The number of benzene rings is 1. The number of nitrogens with one attached hydrogen (secondary N) is 1. The van der Waals surface area contributed by atoms with E-state index in [1.807, 2.05) is 0 Å². The van der Waals surface area contributed by atoms with Gasteiger partial charge in [-0.05, 0) is 53.2 Å². The van der Waals surface area contributed by atoms with E-state index in [0.29, 0.717) is 0 Å². The van der Waals surface area contributed by atoms with Gasteiger partial charge in [-0.15, -0.1) is 0 Å².